The summed E-state index contributed by atoms with van der Waals surface area (Å²) in [5, 5.41) is 3.57. The maximum absolute atomic E-state index is 5.40. The average Bonchev–Trinajstić information content (AvgIpc) is 2.72. The highest BCUT2D eigenvalue weighted by Gasteiger charge is 2.19. The number of rotatable bonds is 8. The molecule has 6 nitrogen and oxygen atoms in total. The number of nitrogens with zero attached hydrogens (tertiary/aromatic N) is 3. The number of benzene rings is 1. The van der Waals surface area contributed by atoms with Crippen molar-refractivity contribution in [1.29, 1.82) is 0 Å². The first-order valence-electron chi connectivity index (χ1n) is 9.96. The number of halogens is 1. The van der Waals surface area contributed by atoms with Crippen LogP contribution in [-0.2, 0) is 6.42 Å². The lowest BCUT2D eigenvalue weighted by atomic mass is 9.98. The quantitative estimate of drug-likeness (QED) is 0.335. The van der Waals surface area contributed by atoms with Gasteiger partial charge in [0.05, 0.1) is 14.2 Å². The molecule has 0 aliphatic carbocycles. The van der Waals surface area contributed by atoms with E-state index in [1.54, 1.807) is 14.2 Å². The van der Waals surface area contributed by atoms with E-state index in [0.717, 1.165) is 43.5 Å². The molecule has 1 heterocycles. The first-order valence-corrected chi connectivity index (χ1v) is 9.96. The Kier molecular flexibility index (Phi) is 11.6. The highest BCUT2D eigenvalue weighted by atomic mass is 127. The lowest BCUT2D eigenvalue weighted by molar-refractivity contribution is 0.183. The topological polar surface area (TPSA) is 49.3 Å². The van der Waals surface area contributed by atoms with E-state index < -0.39 is 0 Å². The van der Waals surface area contributed by atoms with Gasteiger partial charge in [-0.25, -0.2) is 0 Å². The molecule has 1 unspecified atom stereocenters. The van der Waals surface area contributed by atoms with Crippen LogP contribution < -0.4 is 14.8 Å². The van der Waals surface area contributed by atoms with Gasteiger partial charge in [-0.15, -0.1) is 24.0 Å². The molecule has 28 heavy (non-hydrogen) atoms. The van der Waals surface area contributed by atoms with Crippen molar-refractivity contribution in [2.45, 2.75) is 26.2 Å². The molecule has 160 valence electrons. The zero-order valence-electron chi connectivity index (χ0n) is 18.0. The van der Waals surface area contributed by atoms with Crippen LogP contribution in [0.2, 0.25) is 0 Å². The molecule has 0 bridgehead atoms. The van der Waals surface area contributed by atoms with Crippen molar-refractivity contribution in [3.8, 4) is 11.5 Å². The number of guanidine groups is 1. The highest BCUT2D eigenvalue weighted by molar-refractivity contribution is 14.0. The molecule has 1 saturated heterocycles. The second-order valence-electron chi connectivity index (χ2n) is 7.19. The largest absolute Gasteiger partial charge is 0.493 e. The van der Waals surface area contributed by atoms with Crippen LogP contribution in [0.5, 0.6) is 11.5 Å². The van der Waals surface area contributed by atoms with Crippen molar-refractivity contribution in [1.82, 2.24) is 15.1 Å². The number of hydrogen-bond acceptors (Lipinski definition) is 4. The van der Waals surface area contributed by atoms with E-state index in [0.29, 0.717) is 5.92 Å². The van der Waals surface area contributed by atoms with Gasteiger partial charge in [0, 0.05) is 33.7 Å². The van der Waals surface area contributed by atoms with E-state index in [1.807, 2.05) is 19.2 Å². The van der Waals surface area contributed by atoms with Crippen LogP contribution in [0, 0.1) is 5.92 Å². The number of methoxy groups -OCH3 is 2. The van der Waals surface area contributed by atoms with Gasteiger partial charge in [0.15, 0.2) is 17.5 Å². The van der Waals surface area contributed by atoms with E-state index in [1.165, 1.54) is 31.5 Å². The van der Waals surface area contributed by atoms with Gasteiger partial charge in [0.2, 0.25) is 0 Å². The molecular weight excluding hydrogens is 467 g/mol. The predicted molar refractivity (Wildman–Crippen MR) is 127 cm³/mol. The Balaban J connectivity index is 0.00000392. The summed E-state index contributed by atoms with van der Waals surface area (Å²) in [5.74, 6) is 3.21. The van der Waals surface area contributed by atoms with Crippen LogP contribution >= 0.6 is 24.0 Å². The van der Waals surface area contributed by atoms with Crippen LogP contribution in [0.4, 0.5) is 0 Å². The van der Waals surface area contributed by atoms with Gasteiger partial charge in [0.1, 0.15) is 0 Å². The Morgan fingerprint density at radius 1 is 1.29 bits per heavy atom. The zero-order valence-corrected chi connectivity index (χ0v) is 20.4. The number of aliphatic imine (C=N–C) groups is 1. The van der Waals surface area contributed by atoms with Gasteiger partial charge < -0.3 is 24.6 Å². The molecule has 0 aromatic heterocycles. The third-order valence-electron chi connectivity index (χ3n) is 5.36. The van der Waals surface area contributed by atoms with E-state index in [4.69, 9.17) is 9.47 Å². The molecule has 1 aromatic carbocycles. The minimum Gasteiger partial charge on any atom is -0.493 e. The Bertz CT molecular complexity index is 612. The molecule has 1 aromatic rings. The second-order valence-corrected chi connectivity index (χ2v) is 7.19. The Labute approximate surface area is 187 Å². The molecule has 0 spiro atoms. The summed E-state index contributed by atoms with van der Waals surface area (Å²) in [5.41, 5.74) is 1.22. The second kappa shape index (κ2) is 13.1. The minimum atomic E-state index is 0. The third-order valence-corrected chi connectivity index (χ3v) is 5.36. The molecule has 1 aliphatic rings. The van der Waals surface area contributed by atoms with Gasteiger partial charge in [-0.05, 0) is 56.0 Å². The van der Waals surface area contributed by atoms with E-state index in [9.17, 15) is 0 Å². The summed E-state index contributed by atoms with van der Waals surface area (Å²) >= 11 is 0. The first kappa shape index (κ1) is 24.8. The van der Waals surface area contributed by atoms with Crippen molar-refractivity contribution >= 4 is 29.9 Å². The Morgan fingerprint density at radius 2 is 2.04 bits per heavy atom. The SMILES string of the molecule is CCN1CCCC(CNC(=NC)N(C)CCc2ccc(OC)c(OC)c2)C1.I. The van der Waals surface area contributed by atoms with Crippen LogP contribution in [0.1, 0.15) is 25.3 Å². The lowest BCUT2D eigenvalue weighted by Gasteiger charge is -2.33. The summed E-state index contributed by atoms with van der Waals surface area (Å²) in [6.07, 6.45) is 3.52. The lowest BCUT2D eigenvalue weighted by Crippen LogP contribution is -2.45. The first-order chi connectivity index (χ1) is 13.1. The zero-order chi connectivity index (χ0) is 19.6. The van der Waals surface area contributed by atoms with E-state index >= 15 is 0 Å². The maximum Gasteiger partial charge on any atom is 0.193 e. The number of ether oxygens (including phenoxy) is 2. The highest BCUT2D eigenvalue weighted by Crippen LogP contribution is 2.27. The minimum absolute atomic E-state index is 0. The normalized spacial score (nSPS) is 17.6. The maximum atomic E-state index is 5.40. The fraction of sp³-hybridized carbons (Fsp3) is 0.667. The van der Waals surface area contributed by atoms with Crippen LogP contribution in [0.3, 0.4) is 0 Å². The monoisotopic (exact) mass is 504 g/mol. The van der Waals surface area contributed by atoms with Crippen molar-refractivity contribution in [2.75, 3.05) is 61.0 Å². The standard InChI is InChI=1S/C21H36N4O2.HI/c1-6-25-12-7-8-18(16-25)15-23-21(22-2)24(3)13-11-17-9-10-19(26-4)20(14-17)27-5;/h9-10,14,18H,6-8,11-13,15-16H2,1-5H3,(H,22,23);1H. The fourth-order valence-corrected chi connectivity index (χ4v) is 3.66. The van der Waals surface area contributed by atoms with Gasteiger partial charge in [0.25, 0.3) is 0 Å². The molecule has 1 fully saturated rings. The molecule has 1 atom stereocenters. The smallest absolute Gasteiger partial charge is 0.193 e. The van der Waals surface area contributed by atoms with Gasteiger partial charge in [-0.1, -0.05) is 13.0 Å². The van der Waals surface area contributed by atoms with Crippen molar-refractivity contribution in [2.24, 2.45) is 10.9 Å². The fourth-order valence-electron chi connectivity index (χ4n) is 3.66. The number of piperidine rings is 1. The summed E-state index contributed by atoms with van der Waals surface area (Å²) in [4.78, 5) is 9.19. The number of likely N-dealkylation sites (N-methyl/N-ethyl adjacent to an activating group) is 1. The Hall–Kier alpha value is -1.22. The molecule has 2 rings (SSSR count). The molecule has 1 aliphatic heterocycles. The van der Waals surface area contributed by atoms with E-state index in [-0.39, 0.29) is 24.0 Å². The molecule has 7 heteroatoms. The number of nitrogens with one attached hydrogen (secondary N) is 1. The predicted octanol–water partition coefficient (Wildman–Crippen LogP) is 3.10. The van der Waals surface area contributed by atoms with Crippen LogP contribution in [0.15, 0.2) is 23.2 Å². The van der Waals surface area contributed by atoms with Crippen LogP contribution in [0.25, 0.3) is 0 Å². The van der Waals surface area contributed by atoms with Crippen LogP contribution in [-0.4, -0.2) is 76.8 Å². The summed E-state index contributed by atoms with van der Waals surface area (Å²) in [6, 6.07) is 6.10. The van der Waals surface area contributed by atoms with Crippen molar-refractivity contribution in [3.63, 3.8) is 0 Å². The molecule has 0 radical (unpaired) electrons. The van der Waals surface area contributed by atoms with E-state index in [2.05, 4.69) is 40.1 Å². The summed E-state index contributed by atoms with van der Waals surface area (Å²) in [7, 11) is 7.28. The number of hydrogen-bond donors (Lipinski definition) is 1. The van der Waals surface area contributed by atoms with Crippen molar-refractivity contribution in [3.05, 3.63) is 23.8 Å². The van der Waals surface area contributed by atoms with Gasteiger partial charge in [-0.3, -0.25) is 4.99 Å². The summed E-state index contributed by atoms with van der Waals surface area (Å²) in [6.45, 7) is 7.71. The molecule has 0 saturated carbocycles. The number of likely N-dealkylation sites (tertiary alicyclic amines) is 1. The van der Waals surface area contributed by atoms with Crippen molar-refractivity contribution < 1.29 is 9.47 Å². The molecule has 0 amide bonds. The molecule has 1 N–H and O–H groups in total. The Morgan fingerprint density at radius 3 is 2.68 bits per heavy atom. The third kappa shape index (κ3) is 7.31. The van der Waals surface area contributed by atoms with Gasteiger partial charge in [-0.2, -0.15) is 0 Å². The average molecular weight is 504 g/mol. The summed E-state index contributed by atoms with van der Waals surface area (Å²) < 4.78 is 10.7. The van der Waals surface area contributed by atoms with Gasteiger partial charge >= 0.3 is 0 Å². The molecular formula is C21H37IN4O2.